The Kier molecular flexibility index (Phi) is 11.2. The number of benzene rings is 3. The molecule has 4 aromatic heterocycles. The molecule has 0 saturated heterocycles. The highest BCUT2D eigenvalue weighted by atomic mass is 79.9. The van der Waals surface area contributed by atoms with Crippen LogP contribution in [0.5, 0.6) is 0 Å². The fraction of sp³-hybridized carbons (Fsp3) is 0.381. The lowest BCUT2D eigenvalue weighted by molar-refractivity contribution is 0.449. The van der Waals surface area contributed by atoms with E-state index in [9.17, 15) is 0 Å². The maximum Gasteiger partial charge on any atom is 0.110 e. The lowest BCUT2D eigenvalue weighted by Gasteiger charge is -2.17. The van der Waals surface area contributed by atoms with Crippen molar-refractivity contribution in [3.8, 4) is 19.5 Å². The minimum absolute atomic E-state index is 0.720. The van der Waals surface area contributed by atoms with Crippen molar-refractivity contribution in [2.24, 2.45) is 11.8 Å². The smallest absolute Gasteiger partial charge is 0.110 e. The second kappa shape index (κ2) is 15.6. The minimum Gasteiger partial charge on any atom is -0.242 e. The first-order valence-corrected chi connectivity index (χ1v) is 22.1. The number of rotatable bonds is 14. The Hall–Kier alpha value is -2.16. The quantitative estimate of drug-likeness (QED) is 0.102. The van der Waals surface area contributed by atoms with E-state index in [1.54, 1.807) is 22.7 Å². The summed E-state index contributed by atoms with van der Waals surface area (Å²) in [5, 5.41) is 5.06. The molecule has 0 aliphatic carbocycles. The summed E-state index contributed by atoms with van der Waals surface area (Å²) in [6, 6.07) is 23.1. The van der Waals surface area contributed by atoms with E-state index in [1.807, 2.05) is 11.3 Å². The van der Waals surface area contributed by atoms with Crippen molar-refractivity contribution in [3.63, 3.8) is 0 Å². The Labute approximate surface area is 319 Å². The van der Waals surface area contributed by atoms with E-state index in [0.717, 1.165) is 54.3 Å². The summed E-state index contributed by atoms with van der Waals surface area (Å²) in [7, 11) is 0. The molecule has 0 spiro atoms. The van der Waals surface area contributed by atoms with Crippen LogP contribution >= 0.6 is 65.9 Å². The van der Waals surface area contributed by atoms with Gasteiger partial charge in [-0.25, -0.2) is 9.97 Å². The molecule has 0 aliphatic heterocycles. The van der Waals surface area contributed by atoms with Gasteiger partial charge in [-0.3, -0.25) is 0 Å². The summed E-state index contributed by atoms with van der Waals surface area (Å²) in [4.78, 5) is 16.0. The molecule has 254 valence electrons. The standard InChI is InChI=1S/C42H44Br2N2S3/c1-5-9-11-25(7-3)21-27-13-15-29-31(23-27)32-24-28(22-26(8-4)12-10-6-2)14-16-30(32)38-37(29)45-39-40(46-38)42(34-18-20-36(44)48-34)49-41(39)33-17-19-35(43)47-33/h13-20,23-26H,5-12,21-22H2,1-4H3. The first kappa shape index (κ1) is 35.3. The van der Waals surface area contributed by atoms with E-state index in [4.69, 9.17) is 9.97 Å². The van der Waals surface area contributed by atoms with E-state index in [1.165, 1.54) is 104 Å². The van der Waals surface area contributed by atoms with Gasteiger partial charge in [-0.15, -0.1) is 34.0 Å². The van der Waals surface area contributed by atoms with Gasteiger partial charge in [-0.05, 0) is 103 Å². The molecule has 0 saturated carbocycles. The van der Waals surface area contributed by atoms with Crippen molar-refractivity contribution in [2.45, 2.75) is 91.9 Å². The van der Waals surface area contributed by atoms with Gasteiger partial charge in [-0.2, -0.15) is 0 Å². The maximum atomic E-state index is 5.59. The summed E-state index contributed by atoms with van der Waals surface area (Å²) in [6.45, 7) is 9.32. The van der Waals surface area contributed by atoms with Crippen LogP contribution in [0.15, 0.2) is 68.2 Å². The minimum atomic E-state index is 0.720. The molecule has 3 aromatic carbocycles. The van der Waals surface area contributed by atoms with Gasteiger partial charge in [0.1, 0.15) is 11.0 Å². The van der Waals surface area contributed by atoms with Crippen LogP contribution in [0.25, 0.3) is 63.1 Å². The van der Waals surface area contributed by atoms with Gasteiger partial charge < -0.3 is 0 Å². The van der Waals surface area contributed by atoms with Gasteiger partial charge in [0.05, 0.1) is 28.4 Å². The monoisotopic (exact) mass is 830 g/mol. The van der Waals surface area contributed by atoms with Crippen molar-refractivity contribution in [1.29, 1.82) is 0 Å². The number of hydrogen-bond donors (Lipinski definition) is 0. The molecule has 4 heterocycles. The van der Waals surface area contributed by atoms with Crippen molar-refractivity contribution in [2.75, 3.05) is 0 Å². The first-order chi connectivity index (χ1) is 23.9. The fourth-order valence-corrected chi connectivity index (χ4v) is 11.6. The third kappa shape index (κ3) is 7.30. The van der Waals surface area contributed by atoms with Gasteiger partial charge in [0, 0.05) is 20.5 Å². The number of fused-ring (bicyclic) bond motifs is 7. The number of unbranched alkanes of at least 4 members (excludes halogenated alkanes) is 2. The van der Waals surface area contributed by atoms with Crippen molar-refractivity contribution >= 4 is 109 Å². The van der Waals surface area contributed by atoms with Gasteiger partial charge >= 0.3 is 0 Å². The molecule has 2 unspecified atom stereocenters. The van der Waals surface area contributed by atoms with Crippen LogP contribution in [0.3, 0.4) is 0 Å². The zero-order chi connectivity index (χ0) is 34.1. The van der Waals surface area contributed by atoms with Crippen LogP contribution in [0.4, 0.5) is 0 Å². The van der Waals surface area contributed by atoms with E-state index in [0.29, 0.717) is 0 Å². The van der Waals surface area contributed by atoms with E-state index in [-0.39, 0.29) is 0 Å². The molecule has 49 heavy (non-hydrogen) atoms. The Morgan fingerprint density at radius 1 is 0.531 bits per heavy atom. The van der Waals surface area contributed by atoms with Gasteiger partial charge in [0.25, 0.3) is 0 Å². The van der Waals surface area contributed by atoms with E-state index in [2.05, 4.69) is 120 Å². The average Bonchev–Trinajstić information content (AvgIpc) is 3.85. The van der Waals surface area contributed by atoms with Crippen LogP contribution in [0, 0.1) is 11.8 Å². The van der Waals surface area contributed by atoms with Gasteiger partial charge in [-0.1, -0.05) is 115 Å². The SMILES string of the molecule is CCCCC(CC)Cc1ccc2c(c1)c1cc(CC(CC)CCCC)ccc1c1nc3c(-c4ccc(Br)s4)sc(-c4ccc(Br)s4)c3nc21. The second-order valence-corrected chi connectivity index (χ2v) is 19.5. The van der Waals surface area contributed by atoms with Crippen molar-refractivity contribution in [1.82, 2.24) is 9.97 Å². The largest absolute Gasteiger partial charge is 0.242 e. The topological polar surface area (TPSA) is 25.8 Å². The molecule has 2 nitrogen and oxygen atoms in total. The fourth-order valence-electron chi connectivity index (χ4n) is 7.38. The molecule has 7 heteroatoms. The maximum absolute atomic E-state index is 5.59. The third-order valence-corrected chi connectivity index (χ3v) is 15.0. The zero-order valence-corrected chi connectivity index (χ0v) is 34.5. The van der Waals surface area contributed by atoms with Crippen molar-refractivity contribution < 1.29 is 0 Å². The molecular weight excluding hydrogens is 788 g/mol. The normalized spacial score (nSPS) is 13.3. The zero-order valence-electron chi connectivity index (χ0n) is 28.9. The summed E-state index contributed by atoms with van der Waals surface area (Å²) in [5.41, 5.74) is 6.90. The Balaban J connectivity index is 1.48. The Morgan fingerprint density at radius 2 is 0.980 bits per heavy atom. The summed E-state index contributed by atoms with van der Waals surface area (Å²) >= 11 is 12.8. The molecular formula is C42H44Br2N2S3. The lowest BCUT2D eigenvalue weighted by atomic mass is 9.88. The summed E-state index contributed by atoms with van der Waals surface area (Å²) in [5.74, 6) is 1.44. The number of thiophene rings is 3. The lowest BCUT2D eigenvalue weighted by Crippen LogP contribution is -2.04. The number of aromatic nitrogens is 2. The van der Waals surface area contributed by atoms with Crippen LogP contribution in [-0.4, -0.2) is 9.97 Å². The molecule has 0 N–H and O–H groups in total. The Morgan fingerprint density at radius 3 is 1.35 bits per heavy atom. The molecule has 7 rings (SSSR count). The highest BCUT2D eigenvalue weighted by molar-refractivity contribution is 9.11. The third-order valence-electron chi connectivity index (χ3n) is 10.2. The molecule has 7 aromatic rings. The van der Waals surface area contributed by atoms with Crippen molar-refractivity contribution in [3.05, 3.63) is 79.4 Å². The first-order valence-electron chi connectivity index (χ1n) is 18.0. The van der Waals surface area contributed by atoms with Crippen LogP contribution in [0.2, 0.25) is 0 Å². The predicted octanol–water partition coefficient (Wildman–Crippen LogP) is 15.7. The second-order valence-electron chi connectivity index (χ2n) is 13.6. The van der Waals surface area contributed by atoms with Crippen LogP contribution < -0.4 is 0 Å². The average molecular weight is 833 g/mol. The molecule has 0 aliphatic rings. The summed E-state index contributed by atoms with van der Waals surface area (Å²) in [6.07, 6.45) is 12.4. The predicted molar refractivity (Wildman–Crippen MR) is 226 cm³/mol. The van der Waals surface area contributed by atoms with Crippen LogP contribution in [-0.2, 0) is 12.8 Å². The number of halogens is 2. The van der Waals surface area contributed by atoms with Crippen LogP contribution in [0.1, 0.15) is 90.2 Å². The molecule has 0 amide bonds. The number of nitrogens with zero attached hydrogens (tertiary/aromatic N) is 2. The van der Waals surface area contributed by atoms with E-state index < -0.39 is 0 Å². The Bertz CT molecular complexity index is 2090. The number of hydrogen-bond acceptors (Lipinski definition) is 5. The molecule has 0 bridgehead atoms. The van der Waals surface area contributed by atoms with E-state index >= 15 is 0 Å². The molecule has 0 fully saturated rings. The van der Waals surface area contributed by atoms with Gasteiger partial charge in [0.15, 0.2) is 0 Å². The molecule has 0 radical (unpaired) electrons. The summed E-state index contributed by atoms with van der Waals surface area (Å²) < 4.78 is 2.25. The van der Waals surface area contributed by atoms with Gasteiger partial charge in [0.2, 0.25) is 0 Å². The highest BCUT2D eigenvalue weighted by Gasteiger charge is 2.23. The molecule has 2 atom stereocenters. The highest BCUT2D eigenvalue weighted by Crippen LogP contribution is 2.48.